The minimum absolute atomic E-state index is 0.167. The van der Waals surface area contributed by atoms with Crippen LogP contribution in [0.3, 0.4) is 0 Å². The molecule has 1 amide bonds. The Hall–Kier alpha value is -1.08. The van der Waals surface area contributed by atoms with Gasteiger partial charge in [0.05, 0.1) is 35.1 Å². The van der Waals surface area contributed by atoms with Gasteiger partial charge in [0.2, 0.25) is 5.91 Å². The van der Waals surface area contributed by atoms with Crippen molar-refractivity contribution < 1.29 is 4.79 Å². The van der Waals surface area contributed by atoms with Crippen molar-refractivity contribution in [1.29, 1.82) is 0 Å². The molecule has 0 unspecified atom stereocenters. The topological polar surface area (TPSA) is 38.1 Å². The average molecular weight is 432 g/mol. The van der Waals surface area contributed by atoms with Crippen LogP contribution >= 0.6 is 34.5 Å². The van der Waals surface area contributed by atoms with Crippen molar-refractivity contribution in [1.82, 2.24) is 12.7 Å². The molecule has 4 nitrogen and oxygen atoms in total. The Morgan fingerprint density at radius 3 is 2.73 bits per heavy atom. The van der Waals surface area contributed by atoms with Gasteiger partial charge in [0.25, 0.3) is 0 Å². The van der Waals surface area contributed by atoms with Crippen molar-refractivity contribution in [2.24, 2.45) is 0 Å². The molecule has 2 heterocycles. The molecule has 0 spiro atoms. The fourth-order valence-electron chi connectivity index (χ4n) is 2.43. The van der Waals surface area contributed by atoms with Crippen molar-refractivity contribution in [3.8, 4) is 0 Å². The van der Waals surface area contributed by atoms with Crippen molar-refractivity contribution in [2.45, 2.75) is 39.8 Å². The third-order valence-corrected chi connectivity index (χ3v) is 4.21. The summed E-state index contributed by atoms with van der Waals surface area (Å²) >= 11 is 8.17. The van der Waals surface area contributed by atoms with E-state index in [1.54, 1.807) is 6.33 Å². The van der Waals surface area contributed by atoms with E-state index in [1.165, 1.54) is 11.1 Å². The highest BCUT2D eigenvalue weighted by molar-refractivity contribution is 14.1. The highest BCUT2D eigenvalue weighted by atomic mass is 127. The van der Waals surface area contributed by atoms with Crippen molar-refractivity contribution in [2.75, 3.05) is 0 Å². The minimum Gasteiger partial charge on any atom is -0.332 e. The third kappa shape index (κ3) is 4.23. The molecule has 1 aliphatic heterocycles. The van der Waals surface area contributed by atoms with Gasteiger partial charge in [0, 0.05) is 24.2 Å². The summed E-state index contributed by atoms with van der Waals surface area (Å²) in [5, 5.41) is 0.730. The molecule has 0 atom stereocenters. The first-order valence-corrected chi connectivity index (χ1v) is 8.70. The van der Waals surface area contributed by atoms with Gasteiger partial charge in [-0.2, -0.15) is 0 Å². The maximum Gasteiger partial charge on any atom is 0.223 e. The number of benzene rings is 1. The van der Waals surface area contributed by atoms with Crippen molar-refractivity contribution in [3.05, 3.63) is 52.6 Å². The van der Waals surface area contributed by atoms with Crippen LogP contribution in [0.5, 0.6) is 0 Å². The number of imidazole rings is 1. The summed E-state index contributed by atoms with van der Waals surface area (Å²) in [6.07, 6.45) is 4.96. The first kappa shape index (κ1) is 17.3. The van der Waals surface area contributed by atoms with Crippen LogP contribution in [0.15, 0.2) is 30.7 Å². The number of carbonyl (C=O) groups is 1. The molecule has 0 saturated heterocycles. The van der Waals surface area contributed by atoms with Crippen LogP contribution in [0.2, 0.25) is 5.02 Å². The number of rotatable bonds is 2. The lowest BCUT2D eigenvalue weighted by Gasteiger charge is -2.20. The van der Waals surface area contributed by atoms with Gasteiger partial charge in [0.1, 0.15) is 6.33 Å². The van der Waals surface area contributed by atoms with E-state index in [2.05, 4.69) is 27.8 Å². The fraction of sp³-hybridized carbons (Fsp3) is 0.375. The van der Waals surface area contributed by atoms with Gasteiger partial charge in [-0.1, -0.05) is 31.5 Å². The van der Waals surface area contributed by atoms with Crippen molar-refractivity contribution in [3.63, 3.8) is 0 Å². The minimum atomic E-state index is 0.167. The quantitative estimate of drug-likeness (QED) is 0.667. The van der Waals surface area contributed by atoms with Crippen LogP contribution in [0.25, 0.3) is 0 Å². The summed E-state index contributed by atoms with van der Waals surface area (Å²) in [6.45, 7) is 5.18. The van der Waals surface area contributed by atoms with Gasteiger partial charge >= 0.3 is 0 Å². The van der Waals surface area contributed by atoms with Crippen LogP contribution in [0, 0.1) is 0 Å². The maximum absolute atomic E-state index is 12.2. The molecule has 3 rings (SSSR count). The Morgan fingerprint density at radius 2 is 2.05 bits per heavy atom. The molecule has 0 bridgehead atoms. The lowest BCUT2D eigenvalue weighted by Crippen LogP contribution is -2.28. The monoisotopic (exact) mass is 431 g/mol. The second kappa shape index (κ2) is 7.97. The van der Waals surface area contributed by atoms with Crippen LogP contribution in [-0.4, -0.2) is 18.6 Å². The maximum atomic E-state index is 12.2. The molecule has 118 valence electrons. The molecule has 6 heteroatoms. The highest BCUT2D eigenvalue weighted by Gasteiger charge is 2.21. The van der Waals surface area contributed by atoms with E-state index in [0.29, 0.717) is 19.5 Å². The van der Waals surface area contributed by atoms with Crippen LogP contribution in [0.4, 0.5) is 0 Å². The number of aromatic nitrogens is 2. The fourth-order valence-corrected chi connectivity index (χ4v) is 3.08. The lowest BCUT2D eigenvalue weighted by atomic mass is 10.0. The molecule has 0 saturated carbocycles. The Kier molecular flexibility index (Phi) is 6.26. The molecule has 0 fully saturated rings. The van der Waals surface area contributed by atoms with Gasteiger partial charge in [0.15, 0.2) is 0 Å². The Labute approximate surface area is 150 Å². The summed E-state index contributed by atoms with van der Waals surface area (Å²) < 4.78 is 1.86. The van der Waals surface area contributed by atoms with Crippen molar-refractivity contribution >= 4 is 40.4 Å². The average Bonchev–Trinajstić information content (AvgIpc) is 2.86. The number of nitrogens with zero attached hydrogens (tertiary/aromatic N) is 3. The Morgan fingerprint density at radius 1 is 1.27 bits per heavy atom. The van der Waals surface area contributed by atoms with E-state index in [-0.39, 0.29) is 5.91 Å². The first-order valence-electron chi connectivity index (χ1n) is 7.36. The van der Waals surface area contributed by atoms with Gasteiger partial charge in [-0.05, 0) is 29.7 Å². The number of carbonyl (C=O) groups excluding carboxylic acids is 1. The first-order chi connectivity index (χ1) is 10.6. The molecule has 1 aromatic heterocycles. The van der Waals surface area contributed by atoms with E-state index in [4.69, 9.17) is 11.6 Å². The number of hydrogen-bond donors (Lipinski definition) is 0. The van der Waals surface area contributed by atoms with Gasteiger partial charge in [-0.3, -0.25) is 7.58 Å². The molecule has 0 radical (unpaired) electrons. The molecular formula is C16H19ClIN3O. The standard InChI is InChI=1S/C14H13ClIN3O.C2H6/c15-12-3-1-11-6-18(7-13-8-19(16)9-17-13)14(20)4-2-10(11)5-12;1-2/h1,3,5,8-9H,2,4,6-7H2;1-2H3. The number of aryl methyl sites for hydroxylation is 1. The second-order valence-electron chi connectivity index (χ2n) is 4.87. The Balaban J connectivity index is 0.000000847. The molecule has 1 aliphatic rings. The van der Waals surface area contributed by atoms with Crippen LogP contribution in [0.1, 0.15) is 37.1 Å². The Bertz CT molecular complexity index is 657. The van der Waals surface area contributed by atoms with E-state index in [0.717, 1.165) is 17.1 Å². The second-order valence-corrected chi connectivity index (χ2v) is 6.42. The zero-order valence-electron chi connectivity index (χ0n) is 12.7. The van der Waals surface area contributed by atoms with E-state index >= 15 is 0 Å². The molecule has 2 aromatic rings. The molecule has 0 aliphatic carbocycles. The van der Waals surface area contributed by atoms with Crippen LogP contribution < -0.4 is 0 Å². The smallest absolute Gasteiger partial charge is 0.223 e. The summed E-state index contributed by atoms with van der Waals surface area (Å²) in [5.41, 5.74) is 3.26. The number of hydrogen-bond acceptors (Lipinski definition) is 2. The van der Waals surface area contributed by atoms with E-state index in [9.17, 15) is 4.79 Å². The van der Waals surface area contributed by atoms with E-state index < -0.39 is 0 Å². The largest absolute Gasteiger partial charge is 0.332 e. The lowest BCUT2D eigenvalue weighted by molar-refractivity contribution is -0.132. The summed E-state index contributed by atoms with van der Waals surface area (Å²) in [7, 11) is 0. The highest BCUT2D eigenvalue weighted by Crippen LogP contribution is 2.23. The van der Waals surface area contributed by atoms with Gasteiger partial charge in [-0.25, -0.2) is 4.98 Å². The van der Waals surface area contributed by atoms with Gasteiger partial charge in [-0.15, -0.1) is 0 Å². The predicted octanol–water partition coefficient (Wildman–Crippen LogP) is 4.24. The van der Waals surface area contributed by atoms with Gasteiger partial charge < -0.3 is 4.90 Å². The predicted molar refractivity (Wildman–Crippen MR) is 97.0 cm³/mol. The molecule has 1 aromatic carbocycles. The molecule has 22 heavy (non-hydrogen) atoms. The summed E-state index contributed by atoms with van der Waals surface area (Å²) in [4.78, 5) is 18.4. The number of amides is 1. The zero-order valence-corrected chi connectivity index (χ0v) is 15.6. The summed E-state index contributed by atoms with van der Waals surface area (Å²) in [6, 6.07) is 5.86. The van der Waals surface area contributed by atoms with E-state index in [1.807, 2.05) is 45.9 Å². The molecule has 0 N–H and O–H groups in total. The summed E-state index contributed by atoms with van der Waals surface area (Å²) in [5.74, 6) is 0.167. The molecular weight excluding hydrogens is 413 g/mol. The number of halogens is 2. The zero-order chi connectivity index (χ0) is 16.1. The number of fused-ring (bicyclic) bond motifs is 1. The normalized spacial score (nSPS) is 14.0. The van der Waals surface area contributed by atoms with Crippen LogP contribution in [-0.2, 0) is 24.3 Å². The third-order valence-electron chi connectivity index (χ3n) is 3.45. The SMILES string of the molecule is CC.O=C1CCc2cc(Cl)ccc2CN1Cc1cn(I)cn1.